The molecule has 0 aliphatic heterocycles. The molecule has 0 aromatic heterocycles. The second-order valence-corrected chi connectivity index (χ2v) is 3.25. The van der Waals surface area contributed by atoms with Crippen LogP contribution in [0.25, 0.3) is 0 Å². The van der Waals surface area contributed by atoms with E-state index in [1.165, 1.54) is 6.07 Å². The molecule has 0 atom stereocenters. The lowest BCUT2D eigenvalue weighted by Crippen LogP contribution is -2.00. The van der Waals surface area contributed by atoms with Crippen LogP contribution >= 0.6 is 15.9 Å². The van der Waals surface area contributed by atoms with Gasteiger partial charge in [-0.2, -0.15) is 4.39 Å². The van der Waals surface area contributed by atoms with Gasteiger partial charge in [0.05, 0.1) is 16.0 Å². The van der Waals surface area contributed by atoms with Gasteiger partial charge >= 0.3 is 5.69 Å². The Labute approximate surface area is 88.0 Å². The first kappa shape index (κ1) is 10.9. The van der Waals surface area contributed by atoms with Gasteiger partial charge in [-0.25, -0.2) is 0 Å². The van der Waals surface area contributed by atoms with E-state index in [9.17, 15) is 14.5 Å². The van der Waals surface area contributed by atoms with Gasteiger partial charge in [0.2, 0.25) is 11.6 Å². The Balaban J connectivity index is 3.33. The first-order valence-electron chi connectivity index (χ1n) is 3.83. The lowest BCUT2D eigenvalue weighted by atomic mass is 10.3. The fraction of sp³-hybridized carbons (Fsp3) is 0.250. The highest BCUT2D eigenvalue weighted by Gasteiger charge is 2.23. The number of halogens is 2. The summed E-state index contributed by atoms with van der Waals surface area (Å²) in [6.07, 6.45) is 0. The summed E-state index contributed by atoms with van der Waals surface area (Å²) in [6.45, 7) is 1.91. The normalized spacial score (nSPS) is 9.93. The smallest absolute Gasteiger partial charge is 0.347 e. The van der Waals surface area contributed by atoms with E-state index in [0.29, 0.717) is 4.47 Å². The summed E-state index contributed by atoms with van der Waals surface area (Å²) in [4.78, 5) is 9.73. The molecule has 1 aromatic carbocycles. The van der Waals surface area contributed by atoms with Crippen LogP contribution < -0.4 is 4.74 Å². The van der Waals surface area contributed by atoms with E-state index >= 15 is 0 Å². The molecule has 4 nitrogen and oxygen atoms in total. The van der Waals surface area contributed by atoms with Gasteiger partial charge in [0.15, 0.2) is 0 Å². The van der Waals surface area contributed by atoms with Crippen molar-refractivity contribution in [2.75, 3.05) is 6.61 Å². The van der Waals surface area contributed by atoms with Crippen LogP contribution in [0.3, 0.4) is 0 Å². The Bertz CT molecular complexity index is 370. The molecule has 6 heteroatoms. The average molecular weight is 264 g/mol. The molecule has 1 rings (SSSR count). The SMILES string of the molecule is CCOc1c(Br)ccc(F)c1[N+](=O)[O-]. The van der Waals surface area contributed by atoms with Gasteiger partial charge in [-0.15, -0.1) is 0 Å². The van der Waals surface area contributed by atoms with Crippen molar-refractivity contribution in [1.29, 1.82) is 0 Å². The number of nitrogens with zero attached hydrogens (tertiary/aromatic N) is 1. The molecule has 0 fully saturated rings. The standard InChI is InChI=1S/C8H7BrFNO3/c1-2-14-8-5(9)3-4-6(10)7(8)11(12)13/h3-4H,2H2,1H3. The summed E-state index contributed by atoms with van der Waals surface area (Å²) in [7, 11) is 0. The molecular formula is C8H7BrFNO3. The van der Waals surface area contributed by atoms with Crippen molar-refractivity contribution in [2.45, 2.75) is 6.92 Å². The van der Waals surface area contributed by atoms with Crippen molar-refractivity contribution in [1.82, 2.24) is 0 Å². The second-order valence-electron chi connectivity index (χ2n) is 2.40. The Morgan fingerprint density at radius 1 is 1.64 bits per heavy atom. The average Bonchev–Trinajstić information content (AvgIpc) is 2.11. The predicted molar refractivity (Wildman–Crippen MR) is 51.9 cm³/mol. The summed E-state index contributed by atoms with van der Waals surface area (Å²) in [5.41, 5.74) is -0.638. The first-order valence-corrected chi connectivity index (χ1v) is 4.62. The molecule has 76 valence electrons. The minimum absolute atomic E-state index is 0.0718. The van der Waals surface area contributed by atoms with Crippen molar-refractivity contribution in [2.24, 2.45) is 0 Å². The molecule has 0 saturated carbocycles. The van der Waals surface area contributed by atoms with Crippen LogP contribution in [0.2, 0.25) is 0 Å². The quantitative estimate of drug-likeness (QED) is 0.623. The van der Waals surface area contributed by atoms with E-state index < -0.39 is 16.4 Å². The first-order chi connectivity index (χ1) is 6.57. The molecule has 14 heavy (non-hydrogen) atoms. The highest BCUT2D eigenvalue weighted by molar-refractivity contribution is 9.10. The molecule has 0 aliphatic rings. The van der Waals surface area contributed by atoms with Crippen molar-refractivity contribution < 1.29 is 14.1 Å². The number of ether oxygens (including phenoxy) is 1. The third-order valence-electron chi connectivity index (χ3n) is 1.51. The number of hydrogen-bond acceptors (Lipinski definition) is 3. The Morgan fingerprint density at radius 2 is 2.29 bits per heavy atom. The summed E-state index contributed by atoms with van der Waals surface area (Å²) in [5, 5.41) is 10.5. The Morgan fingerprint density at radius 3 is 2.79 bits per heavy atom. The highest BCUT2D eigenvalue weighted by Crippen LogP contribution is 2.36. The minimum Gasteiger partial charge on any atom is -0.486 e. The Kier molecular flexibility index (Phi) is 3.40. The zero-order chi connectivity index (χ0) is 10.7. The van der Waals surface area contributed by atoms with Crippen LogP contribution in [0.5, 0.6) is 5.75 Å². The van der Waals surface area contributed by atoms with Crippen LogP contribution in [0.15, 0.2) is 16.6 Å². The van der Waals surface area contributed by atoms with Crippen LogP contribution in [0, 0.1) is 15.9 Å². The Hall–Kier alpha value is -1.17. The van der Waals surface area contributed by atoms with E-state index in [2.05, 4.69) is 15.9 Å². The molecule has 0 bridgehead atoms. The van der Waals surface area contributed by atoms with Crippen molar-refractivity contribution in [3.8, 4) is 5.75 Å². The molecule has 0 saturated heterocycles. The summed E-state index contributed by atoms with van der Waals surface area (Å²) >= 11 is 3.05. The fourth-order valence-electron chi connectivity index (χ4n) is 0.974. The summed E-state index contributed by atoms with van der Waals surface area (Å²) in [5.74, 6) is -0.973. The number of nitro groups is 1. The van der Waals surface area contributed by atoms with Crippen molar-refractivity contribution >= 4 is 21.6 Å². The minimum atomic E-state index is -0.901. The molecule has 0 spiro atoms. The van der Waals surface area contributed by atoms with Gasteiger partial charge in [0, 0.05) is 0 Å². The van der Waals surface area contributed by atoms with Gasteiger partial charge < -0.3 is 4.74 Å². The molecule has 1 aromatic rings. The zero-order valence-electron chi connectivity index (χ0n) is 7.29. The summed E-state index contributed by atoms with van der Waals surface area (Å²) in [6, 6.07) is 2.39. The molecule has 0 N–H and O–H groups in total. The van der Waals surface area contributed by atoms with Crippen LogP contribution in [0.1, 0.15) is 6.92 Å². The van der Waals surface area contributed by atoms with E-state index in [0.717, 1.165) is 6.07 Å². The predicted octanol–water partition coefficient (Wildman–Crippen LogP) is 2.90. The van der Waals surface area contributed by atoms with E-state index in [-0.39, 0.29) is 12.4 Å². The topological polar surface area (TPSA) is 52.4 Å². The molecule has 0 unspecified atom stereocenters. The highest BCUT2D eigenvalue weighted by atomic mass is 79.9. The summed E-state index contributed by atoms with van der Waals surface area (Å²) < 4.78 is 18.4. The van der Waals surface area contributed by atoms with Gasteiger partial charge in [-0.1, -0.05) is 0 Å². The van der Waals surface area contributed by atoms with Gasteiger partial charge in [-0.3, -0.25) is 10.1 Å². The van der Waals surface area contributed by atoms with Gasteiger partial charge in [0.1, 0.15) is 0 Å². The monoisotopic (exact) mass is 263 g/mol. The van der Waals surface area contributed by atoms with Gasteiger partial charge in [0.25, 0.3) is 0 Å². The maximum absolute atomic E-state index is 13.1. The fourth-order valence-corrected chi connectivity index (χ4v) is 1.41. The molecule has 0 radical (unpaired) electrons. The maximum Gasteiger partial charge on any atom is 0.347 e. The number of rotatable bonds is 3. The van der Waals surface area contributed by atoms with E-state index in [4.69, 9.17) is 4.74 Å². The van der Waals surface area contributed by atoms with Crippen LogP contribution in [0.4, 0.5) is 10.1 Å². The van der Waals surface area contributed by atoms with Crippen LogP contribution in [-0.2, 0) is 0 Å². The third kappa shape index (κ3) is 2.01. The molecule has 0 amide bonds. The van der Waals surface area contributed by atoms with Crippen molar-refractivity contribution in [3.05, 3.63) is 32.5 Å². The van der Waals surface area contributed by atoms with Gasteiger partial charge in [-0.05, 0) is 35.0 Å². The lowest BCUT2D eigenvalue weighted by Gasteiger charge is -2.06. The van der Waals surface area contributed by atoms with E-state index in [1.54, 1.807) is 6.92 Å². The molecule has 0 aliphatic carbocycles. The van der Waals surface area contributed by atoms with Crippen LogP contribution in [-0.4, -0.2) is 11.5 Å². The largest absolute Gasteiger partial charge is 0.486 e. The van der Waals surface area contributed by atoms with E-state index in [1.807, 2.05) is 0 Å². The van der Waals surface area contributed by atoms with Crippen molar-refractivity contribution in [3.63, 3.8) is 0 Å². The lowest BCUT2D eigenvalue weighted by molar-refractivity contribution is -0.388. The molecule has 0 heterocycles. The second kappa shape index (κ2) is 4.36. The zero-order valence-corrected chi connectivity index (χ0v) is 8.88. The maximum atomic E-state index is 13.1. The number of hydrogen-bond donors (Lipinski definition) is 0. The number of benzene rings is 1. The number of nitro benzene ring substituents is 1. The third-order valence-corrected chi connectivity index (χ3v) is 2.13. The molecular weight excluding hydrogens is 257 g/mol.